The summed E-state index contributed by atoms with van der Waals surface area (Å²) in [6.07, 6.45) is 1.69. The maximum atomic E-state index is 11.9. The highest BCUT2D eigenvalue weighted by Gasteiger charge is 2.07. The van der Waals surface area contributed by atoms with E-state index in [1.54, 1.807) is 10.9 Å². The van der Waals surface area contributed by atoms with E-state index in [0.717, 1.165) is 22.5 Å². The molecule has 0 atom stereocenters. The molecule has 1 amide bonds. The van der Waals surface area contributed by atoms with Crippen molar-refractivity contribution >= 4 is 11.6 Å². The van der Waals surface area contributed by atoms with Crippen molar-refractivity contribution in [3.8, 4) is 0 Å². The molecule has 1 heterocycles. The maximum absolute atomic E-state index is 11.9. The number of rotatable bonds is 3. The molecule has 18 heavy (non-hydrogen) atoms. The standard InChI is InChI=1S/C14H17N3O/c1-10-4-5-11(2)13(8-10)16-14(18)9-17-12(3)6-7-15-17/h4-8H,9H2,1-3H3,(H,16,18). The molecule has 4 nitrogen and oxygen atoms in total. The summed E-state index contributed by atoms with van der Waals surface area (Å²) in [5, 5.41) is 7.01. The lowest BCUT2D eigenvalue weighted by Crippen LogP contribution is -2.20. The van der Waals surface area contributed by atoms with E-state index >= 15 is 0 Å². The second kappa shape index (κ2) is 5.04. The lowest BCUT2D eigenvalue weighted by molar-refractivity contribution is -0.116. The molecule has 0 unspecified atom stereocenters. The fourth-order valence-corrected chi connectivity index (χ4v) is 1.76. The Morgan fingerprint density at radius 1 is 1.28 bits per heavy atom. The first-order valence-electron chi connectivity index (χ1n) is 5.92. The highest BCUT2D eigenvalue weighted by atomic mass is 16.2. The number of nitrogens with zero attached hydrogens (tertiary/aromatic N) is 2. The molecule has 0 aliphatic heterocycles. The van der Waals surface area contributed by atoms with Crippen molar-refractivity contribution in [3.05, 3.63) is 47.3 Å². The first kappa shape index (κ1) is 12.4. The van der Waals surface area contributed by atoms with Gasteiger partial charge >= 0.3 is 0 Å². The fourth-order valence-electron chi connectivity index (χ4n) is 1.76. The van der Waals surface area contributed by atoms with Crippen LogP contribution in [0.15, 0.2) is 30.5 Å². The molecule has 0 spiro atoms. The van der Waals surface area contributed by atoms with Crippen molar-refractivity contribution in [1.82, 2.24) is 9.78 Å². The van der Waals surface area contributed by atoms with Gasteiger partial charge < -0.3 is 5.32 Å². The normalized spacial score (nSPS) is 10.4. The molecule has 0 aliphatic carbocycles. The molecule has 1 aromatic heterocycles. The van der Waals surface area contributed by atoms with Gasteiger partial charge in [0, 0.05) is 17.6 Å². The number of hydrogen-bond donors (Lipinski definition) is 1. The number of aromatic nitrogens is 2. The number of benzene rings is 1. The molecule has 4 heteroatoms. The molecule has 0 saturated carbocycles. The predicted molar refractivity (Wildman–Crippen MR) is 71.5 cm³/mol. The van der Waals surface area contributed by atoms with Gasteiger partial charge in [-0.25, -0.2) is 0 Å². The summed E-state index contributed by atoms with van der Waals surface area (Å²) in [4.78, 5) is 11.9. The SMILES string of the molecule is Cc1ccc(C)c(NC(=O)Cn2nccc2C)c1. The number of amides is 1. The van der Waals surface area contributed by atoms with Crippen molar-refractivity contribution in [3.63, 3.8) is 0 Å². The second-order valence-corrected chi connectivity index (χ2v) is 4.50. The first-order chi connectivity index (χ1) is 8.56. The van der Waals surface area contributed by atoms with Crippen LogP contribution in [-0.4, -0.2) is 15.7 Å². The number of aryl methyl sites for hydroxylation is 3. The largest absolute Gasteiger partial charge is 0.324 e. The molecule has 0 radical (unpaired) electrons. The van der Waals surface area contributed by atoms with Crippen LogP contribution >= 0.6 is 0 Å². The molecule has 0 saturated heterocycles. The first-order valence-corrected chi connectivity index (χ1v) is 5.92. The minimum atomic E-state index is -0.0597. The van der Waals surface area contributed by atoms with E-state index in [1.165, 1.54) is 0 Å². The van der Waals surface area contributed by atoms with E-state index in [9.17, 15) is 4.79 Å². The van der Waals surface area contributed by atoms with Crippen LogP contribution in [0.2, 0.25) is 0 Å². The van der Waals surface area contributed by atoms with Crippen LogP contribution in [0.3, 0.4) is 0 Å². The van der Waals surface area contributed by atoms with Crippen LogP contribution in [0.5, 0.6) is 0 Å². The van der Waals surface area contributed by atoms with E-state index in [0.29, 0.717) is 0 Å². The van der Waals surface area contributed by atoms with E-state index in [4.69, 9.17) is 0 Å². The van der Waals surface area contributed by atoms with Crippen molar-refractivity contribution in [2.24, 2.45) is 0 Å². The number of hydrogen-bond acceptors (Lipinski definition) is 2. The van der Waals surface area contributed by atoms with E-state index in [2.05, 4.69) is 10.4 Å². The minimum Gasteiger partial charge on any atom is -0.324 e. The lowest BCUT2D eigenvalue weighted by Gasteiger charge is -2.10. The summed E-state index contributed by atoms with van der Waals surface area (Å²) in [7, 11) is 0. The molecule has 0 fully saturated rings. The third-order valence-electron chi connectivity index (χ3n) is 2.89. The van der Waals surface area contributed by atoms with Crippen molar-refractivity contribution in [2.75, 3.05) is 5.32 Å². The van der Waals surface area contributed by atoms with Crippen LogP contribution in [-0.2, 0) is 11.3 Å². The quantitative estimate of drug-likeness (QED) is 0.900. The third kappa shape index (κ3) is 2.77. The summed E-state index contributed by atoms with van der Waals surface area (Å²) in [5.74, 6) is -0.0597. The number of anilines is 1. The average molecular weight is 243 g/mol. The predicted octanol–water partition coefficient (Wildman–Crippen LogP) is 2.45. The highest BCUT2D eigenvalue weighted by Crippen LogP contribution is 2.16. The van der Waals surface area contributed by atoms with Crippen molar-refractivity contribution in [1.29, 1.82) is 0 Å². The number of nitrogens with one attached hydrogen (secondary N) is 1. The number of carbonyl (C=O) groups excluding carboxylic acids is 1. The maximum Gasteiger partial charge on any atom is 0.246 e. The summed E-state index contributed by atoms with van der Waals surface area (Å²) >= 11 is 0. The van der Waals surface area contributed by atoms with Crippen LogP contribution in [0.1, 0.15) is 16.8 Å². The summed E-state index contributed by atoms with van der Waals surface area (Å²) in [6, 6.07) is 7.89. The Morgan fingerprint density at radius 2 is 2.06 bits per heavy atom. The lowest BCUT2D eigenvalue weighted by atomic mass is 10.1. The summed E-state index contributed by atoms with van der Waals surface area (Å²) in [5.41, 5.74) is 4.04. The molecular weight excluding hydrogens is 226 g/mol. The van der Waals surface area contributed by atoms with Crippen molar-refractivity contribution < 1.29 is 4.79 Å². The van der Waals surface area contributed by atoms with Crippen LogP contribution < -0.4 is 5.32 Å². The summed E-state index contributed by atoms with van der Waals surface area (Å²) in [6.45, 7) is 6.16. The average Bonchev–Trinajstić information content (AvgIpc) is 2.70. The molecule has 1 N–H and O–H groups in total. The van der Waals surface area contributed by atoms with Crippen LogP contribution in [0.25, 0.3) is 0 Å². The minimum absolute atomic E-state index is 0.0597. The highest BCUT2D eigenvalue weighted by molar-refractivity contribution is 5.91. The Bertz CT molecular complexity index is 572. The van der Waals surface area contributed by atoms with Gasteiger partial charge in [0.15, 0.2) is 0 Å². The van der Waals surface area contributed by atoms with Gasteiger partial charge in [-0.15, -0.1) is 0 Å². The Hall–Kier alpha value is -2.10. The zero-order chi connectivity index (χ0) is 13.1. The monoisotopic (exact) mass is 243 g/mol. The fraction of sp³-hybridized carbons (Fsp3) is 0.286. The van der Waals surface area contributed by atoms with Crippen LogP contribution in [0, 0.1) is 20.8 Å². The Labute approximate surface area is 107 Å². The van der Waals surface area contributed by atoms with E-state index < -0.39 is 0 Å². The van der Waals surface area contributed by atoms with E-state index in [1.807, 2.05) is 45.0 Å². The van der Waals surface area contributed by atoms with Gasteiger partial charge in [0.25, 0.3) is 0 Å². The van der Waals surface area contributed by atoms with Gasteiger partial charge in [0.2, 0.25) is 5.91 Å². The molecule has 94 valence electrons. The zero-order valence-electron chi connectivity index (χ0n) is 10.9. The molecule has 1 aromatic carbocycles. The Balaban J connectivity index is 2.08. The van der Waals surface area contributed by atoms with Crippen molar-refractivity contribution in [2.45, 2.75) is 27.3 Å². The van der Waals surface area contributed by atoms with E-state index in [-0.39, 0.29) is 12.5 Å². The van der Waals surface area contributed by atoms with Gasteiger partial charge in [-0.1, -0.05) is 12.1 Å². The molecule has 0 bridgehead atoms. The Morgan fingerprint density at radius 3 is 2.72 bits per heavy atom. The smallest absolute Gasteiger partial charge is 0.246 e. The molecule has 2 aromatic rings. The van der Waals surface area contributed by atoms with Gasteiger partial charge in [-0.3, -0.25) is 9.48 Å². The zero-order valence-corrected chi connectivity index (χ0v) is 10.9. The molecule has 0 aliphatic rings. The Kier molecular flexibility index (Phi) is 3.46. The number of carbonyl (C=O) groups is 1. The van der Waals surface area contributed by atoms with Gasteiger partial charge in [-0.05, 0) is 44.0 Å². The third-order valence-corrected chi connectivity index (χ3v) is 2.89. The second-order valence-electron chi connectivity index (χ2n) is 4.50. The molecule has 2 rings (SSSR count). The van der Waals surface area contributed by atoms with Gasteiger partial charge in [0.05, 0.1) is 0 Å². The van der Waals surface area contributed by atoms with Crippen LogP contribution in [0.4, 0.5) is 5.69 Å². The molecular formula is C14H17N3O. The summed E-state index contributed by atoms with van der Waals surface area (Å²) < 4.78 is 1.68. The van der Waals surface area contributed by atoms with Gasteiger partial charge in [-0.2, -0.15) is 5.10 Å². The van der Waals surface area contributed by atoms with Gasteiger partial charge in [0.1, 0.15) is 6.54 Å². The topological polar surface area (TPSA) is 46.9 Å².